The molecule has 0 bridgehead atoms. The lowest BCUT2D eigenvalue weighted by Crippen LogP contribution is -2.35. The molecule has 2 aromatic rings. The topological polar surface area (TPSA) is 41.6 Å². The fourth-order valence-electron chi connectivity index (χ4n) is 3.03. The molecule has 1 saturated heterocycles. The molecule has 134 valence electrons. The summed E-state index contributed by atoms with van der Waals surface area (Å²) in [5, 5.41) is 3.05. The van der Waals surface area contributed by atoms with Crippen molar-refractivity contribution in [2.45, 2.75) is 20.4 Å². The molecule has 25 heavy (non-hydrogen) atoms. The summed E-state index contributed by atoms with van der Waals surface area (Å²) < 4.78 is 5.38. The van der Waals surface area contributed by atoms with Gasteiger partial charge in [0.2, 0.25) is 0 Å². The van der Waals surface area contributed by atoms with E-state index in [9.17, 15) is 4.79 Å². The van der Waals surface area contributed by atoms with Crippen LogP contribution in [0.1, 0.15) is 27.0 Å². The van der Waals surface area contributed by atoms with E-state index in [2.05, 4.69) is 16.3 Å². The number of carbonyl (C=O) groups is 1. The van der Waals surface area contributed by atoms with Crippen LogP contribution in [0.4, 0.5) is 5.69 Å². The maximum absolute atomic E-state index is 12.6. The van der Waals surface area contributed by atoms with Crippen LogP contribution in [0, 0.1) is 13.8 Å². The Morgan fingerprint density at radius 3 is 2.40 bits per heavy atom. The minimum Gasteiger partial charge on any atom is -0.379 e. The number of anilines is 1. The van der Waals surface area contributed by atoms with E-state index in [1.54, 1.807) is 0 Å². The number of carbonyl (C=O) groups excluding carboxylic acids is 1. The largest absolute Gasteiger partial charge is 0.379 e. The number of aryl methyl sites for hydroxylation is 2. The van der Waals surface area contributed by atoms with Crippen molar-refractivity contribution in [3.8, 4) is 0 Å². The summed E-state index contributed by atoms with van der Waals surface area (Å²) in [7, 11) is 0. The molecule has 5 heteroatoms. The van der Waals surface area contributed by atoms with Gasteiger partial charge >= 0.3 is 0 Å². The van der Waals surface area contributed by atoms with Crippen LogP contribution in [0.25, 0.3) is 0 Å². The second-order valence-corrected chi connectivity index (χ2v) is 6.31. The molecule has 1 amide bonds. The van der Waals surface area contributed by atoms with Crippen LogP contribution in [0.2, 0.25) is 0 Å². The maximum Gasteiger partial charge on any atom is 0.255 e. The zero-order chi connectivity index (χ0) is 16.9. The molecule has 1 aliphatic heterocycles. The SMILES string of the molecule is Cc1cccc(C)c1NC(=O)c1cccc(CN2CCOCC2)c1.Cl. The monoisotopic (exact) mass is 360 g/mol. The number of morpholine rings is 1. The van der Waals surface area contributed by atoms with Crippen molar-refractivity contribution in [2.24, 2.45) is 0 Å². The van der Waals surface area contributed by atoms with Crippen molar-refractivity contribution in [1.82, 2.24) is 4.90 Å². The predicted molar refractivity (Wildman–Crippen MR) is 104 cm³/mol. The Bertz CT molecular complexity index is 707. The molecule has 0 saturated carbocycles. The van der Waals surface area contributed by atoms with Gasteiger partial charge in [-0.25, -0.2) is 0 Å². The number of ether oxygens (including phenoxy) is 1. The van der Waals surface area contributed by atoms with Crippen LogP contribution in [0.5, 0.6) is 0 Å². The van der Waals surface area contributed by atoms with E-state index in [1.165, 1.54) is 0 Å². The van der Waals surface area contributed by atoms with E-state index in [0.29, 0.717) is 5.56 Å². The van der Waals surface area contributed by atoms with Gasteiger partial charge in [0, 0.05) is 30.9 Å². The standard InChI is InChI=1S/C20H24N2O2.ClH/c1-15-5-3-6-16(2)19(15)21-20(23)18-8-4-7-17(13-18)14-22-9-11-24-12-10-22;/h3-8,13H,9-12,14H2,1-2H3,(H,21,23);1H. The number of rotatable bonds is 4. The summed E-state index contributed by atoms with van der Waals surface area (Å²) in [6.45, 7) is 8.33. The van der Waals surface area contributed by atoms with Crippen LogP contribution in [0.3, 0.4) is 0 Å². The van der Waals surface area contributed by atoms with Gasteiger partial charge in [0.25, 0.3) is 5.91 Å². The zero-order valence-electron chi connectivity index (χ0n) is 14.7. The molecule has 3 rings (SSSR count). The molecule has 0 aliphatic carbocycles. The second kappa shape index (κ2) is 8.99. The Hall–Kier alpha value is -1.88. The number of amides is 1. The second-order valence-electron chi connectivity index (χ2n) is 6.31. The van der Waals surface area contributed by atoms with Crippen molar-refractivity contribution in [1.29, 1.82) is 0 Å². The molecule has 0 unspecified atom stereocenters. The van der Waals surface area contributed by atoms with Crippen LogP contribution in [-0.2, 0) is 11.3 Å². The Labute approximate surface area is 155 Å². The average Bonchev–Trinajstić information content (AvgIpc) is 2.59. The molecular formula is C20H25ClN2O2. The minimum absolute atomic E-state index is 0. The van der Waals surface area contributed by atoms with E-state index in [4.69, 9.17) is 4.74 Å². The molecule has 2 aromatic carbocycles. The average molecular weight is 361 g/mol. The molecule has 0 atom stereocenters. The van der Waals surface area contributed by atoms with Crippen LogP contribution < -0.4 is 5.32 Å². The highest BCUT2D eigenvalue weighted by Crippen LogP contribution is 2.20. The highest BCUT2D eigenvalue weighted by atomic mass is 35.5. The highest BCUT2D eigenvalue weighted by molar-refractivity contribution is 6.05. The molecule has 0 spiro atoms. The highest BCUT2D eigenvalue weighted by Gasteiger charge is 2.13. The molecule has 1 aliphatic rings. The first kappa shape index (κ1) is 19.4. The van der Waals surface area contributed by atoms with Gasteiger partial charge in [0.1, 0.15) is 0 Å². The van der Waals surface area contributed by atoms with E-state index in [0.717, 1.165) is 55.2 Å². The summed E-state index contributed by atoms with van der Waals surface area (Å²) in [6, 6.07) is 13.9. The van der Waals surface area contributed by atoms with Gasteiger partial charge in [-0.05, 0) is 42.7 Å². The van der Waals surface area contributed by atoms with Crippen molar-refractivity contribution in [3.63, 3.8) is 0 Å². The third-order valence-electron chi connectivity index (χ3n) is 4.42. The Morgan fingerprint density at radius 1 is 1.08 bits per heavy atom. The first-order chi connectivity index (χ1) is 11.6. The van der Waals surface area contributed by atoms with Crippen LogP contribution >= 0.6 is 12.4 Å². The van der Waals surface area contributed by atoms with Gasteiger partial charge in [-0.3, -0.25) is 9.69 Å². The number of nitrogens with zero attached hydrogens (tertiary/aromatic N) is 1. The van der Waals surface area contributed by atoms with Gasteiger partial charge in [-0.15, -0.1) is 12.4 Å². The van der Waals surface area contributed by atoms with E-state index in [1.807, 2.05) is 50.2 Å². The van der Waals surface area contributed by atoms with Crippen molar-refractivity contribution < 1.29 is 9.53 Å². The summed E-state index contributed by atoms with van der Waals surface area (Å²) in [5.41, 5.74) is 4.91. The lowest BCUT2D eigenvalue weighted by Gasteiger charge is -2.26. The molecule has 0 radical (unpaired) electrons. The summed E-state index contributed by atoms with van der Waals surface area (Å²) >= 11 is 0. The van der Waals surface area contributed by atoms with E-state index >= 15 is 0 Å². The zero-order valence-corrected chi connectivity index (χ0v) is 15.6. The quantitative estimate of drug-likeness (QED) is 0.901. The van der Waals surface area contributed by atoms with Crippen molar-refractivity contribution in [2.75, 3.05) is 31.6 Å². The molecule has 1 fully saturated rings. The number of hydrogen-bond donors (Lipinski definition) is 1. The van der Waals surface area contributed by atoms with Crippen molar-refractivity contribution in [3.05, 3.63) is 64.7 Å². The Balaban J connectivity index is 0.00000225. The summed E-state index contributed by atoms with van der Waals surface area (Å²) in [4.78, 5) is 15.0. The van der Waals surface area contributed by atoms with Gasteiger partial charge < -0.3 is 10.1 Å². The number of para-hydroxylation sites is 1. The number of benzene rings is 2. The normalized spacial score (nSPS) is 14.6. The van der Waals surface area contributed by atoms with Gasteiger partial charge in [0.15, 0.2) is 0 Å². The third-order valence-corrected chi connectivity index (χ3v) is 4.42. The van der Waals surface area contributed by atoms with Gasteiger partial charge in [-0.1, -0.05) is 30.3 Å². The first-order valence-corrected chi connectivity index (χ1v) is 8.40. The lowest BCUT2D eigenvalue weighted by atomic mass is 10.1. The summed E-state index contributed by atoms with van der Waals surface area (Å²) in [6.07, 6.45) is 0. The van der Waals surface area contributed by atoms with Crippen molar-refractivity contribution >= 4 is 24.0 Å². The number of hydrogen-bond acceptors (Lipinski definition) is 3. The fourth-order valence-corrected chi connectivity index (χ4v) is 3.03. The molecule has 4 nitrogen and oxygen atoms in total. The fraction of sp³-hybridized carbons (Fsp3) is 0.350. The van der Waals surface area contributed by atoms with Gasteiger partial charge in [0.05, 0.1) is 13.2 Å². The summed E-state index contributed by atoms with van der Waals surface area (Å²) in [5.74, 6) is -0.0590. The van der Waals surface area contributed by atoms with E-state index in [-0.39, 0.29) is 18.3 Å². The minimum atomic E-state index is -0.0590. The maximum atomic E-state index is 12.6. The Kier molecular flexibility index (Phi) is 7.00. The lowest BCUT2D eigenvalue weighted by molar-refractivity contribution is 0.0342. The molecular weight excluding hydrogens is 336 g/mol. The molecule has 1 heterocycles. The third kappa shape index (κ3) is 5.05. The Morgan fingerprint density at radius 2 is 1.72 bits per heavy atom. The van der Waals surface area contributed by atoms with E-state index < -0.39 is 0 Å². The van der Waals surface area contributed by atoms with Crippen LogP contribution in [-0.4, -0.2) is 37.1 Å². The molecule has 1 N–H and O–H groups in total. The number of halogens is 1. The molecule has 0 aromatic heterocycles. The number of nitrogens with one attached hydrogen (secondary N) is 1. The predicted octanol–water partition coefficient (Wildman–Crippen LogP) is 3.81. The first-order valence-electron chi connectivity index (χ1n) is 8.40. The van der Waals surface area contributed by atoms with Crippen LogP contribution in [0.15, 0.2) is 42.5 Å². The van der Waals surface area contributed by atoms with Gasteiger partial charge in [-0.2, -0.15) is 0 Å². The smallest absolute Gasteiger partial charge is 0.255 e.